The lowest BCUT2D eigenvalue weighted by Crippen LogP contribution is -2.47. The molecule has 0 saturated heterocycles. The smallest absolute Gasteiger partial charge is 0.306 e. The van der Waals surface area contributed by atoms with Gasteiger partial charge in [0.1, 0.15) is 0 Å². The van der Waals surface area contributed by atoms with Crippen LogP contribution in [0.2, 0.25) is 0 Å². The van der Waals surface area contributed by atoms with Crippen molar-refractivity contribution in [2.45, 2.75) is 46.1 Å². The zero-order chi connectivity index (χ0) is 16.0. The first-order chi connectivity index (χ1) is 9.00. The van der Waals surface area contributed by atoms with Gasteiger partial charge in [-0.15, -0.1) is 0 Å². The number of esters is 1. The molecule has 0 aliphatic carbocycles. The molecule has 0 aromatic rings. The molecule has 0 unspecified atom stereocenters. The number of carboxylic acid groups (broad SMARTS) is 1. The maximum Gasteiger partial charge on any atom is 0.306 e. The second kappa shape index (κ2) is 7.58. The third-order valence-electron chi connectivity index (χ3n) is 2.48. The summed E-state index contributed by atoms with van der Waals surface area (Å²) in [6, 6.07) is 0. The Morgan fingerprint density at radius 2 is 1.75 bits per heavy atom. The van der Waals surface area contributed by atoms with Crippen LogP contribution in [0.4, 0.5) is 0 Å². The first-order valence-corrected chi connectivity index (χ1v) is 7.99. The lowest BCUT2D eigenvalue weighted by atomic mass is 10.1. The van der Waals surface area contributed by atoms with Gasteiger partial charge >= 0.3 is 11.9 Å². The van der Waals surface area contributed by atoms with Gasteiger partial charge in [-0.25, -0.2) is 8.42 Å². The van der Waals surface area contributed by atoms with E-state index in [2.05, 4.69) is 4.74 Å². The van der Waals surface area contributed by atoms with Gasteiger partial charge in [0, 0.05) is 12.1 Å². The van der Waals surface area contributed by atoms with E-state index in [0.29, 0.717) is 0 Å². The number of rotatable bonds is 8. The molecule has 0 spiro atoms. The molecule has 0 rings (SSSR count). The molecule has 1 N–H and O–H groups in total. The van der Waals surface area contributed by atoms with E-state index in [-0.39, 0.29) is 31.7 Å². The zero-order valence-corrected chi connectivity index (χ0v) is 13.2. The molecular weight excluding hydrogens is 286 g/mol. The average molecular weight is 309 g/mol. The molecule has 0 aliphatic heterocycles. The molecule has 0 amide bonds. The Kier molecular flexibility index (Phi) is 7.15. The molecular formula is C12H23NO6S. The Bertz CT molecular complexity index is 437. The maximum atomic E-state index is 12.2. The van der Waals surface area contributed by atoms with Crippen molar-refractivity contribution in [1.82, 2.24) is 4.31 Å². The molecule has 0 fully saturated rings. The van der Waals surface area contributed by atoms with Crippen LogP contribution in [-0.4, -0.2) is 54.2 Å². The van der Waals surface area contributed by atoms with Crippen LogP contribution in [0, 0.1) is 0 Å². The van der Waals surface area contributed by atoms with E-state index < -0.39 is 27.5 Å². The third kappa shape index (κ3) is 6.85. The average Bonchev–Trinajstić information content (AvgIpc) is 2.24. The minimum Gasteiger partial charge on any atom is -0.481 e. The monoisotopic (exact) mass is 309 g/mol. The van der Waals surface area contributed by atoms with E-state index in [1.807, 2.05) is 0 Å². The Balaban J connectivity index is 4.87. The van der Waals surface area contributed by atoms with Gasteiger partial charge < -0.3 is 9.84 Å². The van der Waals surface area contributed by atoms with E-state index >= 15 is 0 Å². The van der Waals surface area contributed by atoms with Crippen molar-refractivity contribution in [3.63, 3.8) is 0 Å². The molecule has 7 nitrogen and oxygen atoms in total. The first kappa shape index (κ1) is 18.9. The van der Waals surface area contributed by atoms with Crippen LogP contribution < -0.4 is 0 Å². The van der Waals surface area contributed by atoms with Crippen LogP contribution in [-0.2, 0) is 24.3 Å². The van der Waals surface area contributed by atoms with Crippen LogP contribution in [0.25, 0.3) is 0 Å². The first-order valence-electron chi connectivity index (χ1n) is 6.38. The molecule has 0 bridgehead atoms. The lowest BCUT2D eigenvalue weighted by Gasteiger charge is -2.34. The van der Waals surface area contributed by atoms with Crippen molar-refractivity contribution < 1.29 is 27.9 Å². The number of carbonyl (C=O) groups is 2. The normalized spacial score (nSPS) is 12.4. The summed E-state index contributed by atoms with van der Waals surface area (Å²) >= 11 is 0. The fourth-order valence-electron chi connectivity index (χ4n) is 1.64. The summed E-state index contributed by atoms with van der Waals surface area (Å²) in [4.78, 5) is 21.8. The number of aliphatic carboxylic acids is 1. The van der Waals surface area contributed by atoms with Gasteiger partial charge in [-0.05, 0) is 27.7 Å². The molecule has 0 atom stereocenters. The molecule has 20 heavy (non-hydrogen) atoms. The fraction of sp³-hybridized carbons (Fsp3) is 0.833. The minimum atomic E-state index is -3.72. The third-order valence-corrected chi connectivity index (χ3v) is 4.60. The Morgan fingerprint density at radius 3 is 2.15 bits per heavy atom. The van der Waals surface area contributed by atoms with Crippen molar-refractivity contribution in [2.75, 3.05) is 18.9 Å². The van der Waals surface area contributed by atoms with Gasteiger partial charge in [-0.2, -0.15) is 4.31 Å². The van der Waals surface area contributed by atoms with Crippen molar-refractivity contribution in [1.29, 1.82) is 0 Å². The molecule has 0 heterocycles. The number of ether oxygens (including phenoxy) is 1. The van der Waals surface area contributed by atoms with E-state index in [1.54, 1.807) is 27.7 Å². The summed E-state index contributed by atoms with van der Waals surface area (Å²) in [5.41, 5.74) is -0.747. The van der Waals surface area contributed by atoms with Gasteiger partial charge in [0.2, 0.25) is 10.0 Å². The second-order valence-corrected chi connectivity index (χ2v) is 7.27. The summed E-state index contributed by atoms with van der Waals surface area (Å²) in [5.74, 6) is -2.04. The summed E-state index contributed by atoms with van der Waals surface area (Å²) in [6.45, 7) is 6.75. The van der Waals surface area contributed by atoms with Crippen molar-refractivity contribution in [3.05, 3.63) is 0 Å². The minimum absolute atomic E-state index is 0.121. The maximum absolute atomic E-state index is 12.2. The molecule has 0 aromatic heterocycles. The molecule has 0 aromatic carbocycles. The van der Waals surface area contributed by atoms with Gasteiger partial charge in [-0.3, -0.25) is 9.59 Å². The highest BCUT2D eigenvalue weighted by molar-refractivity contribution is 7.89. The molecule has 0 aliphatic rings. The van der Waals surface area contributed by atoms with Crippen LogP contribution in [0.15, 0.2) is 0 Å². The number of nitrogens with zero attached hydrogens (tertiary/aromatic N) is 1. The summed E-state index contributed by atoms with van der Waals surface area (Å²) in [7, 11) is -3.72. The van der Waals surface area contributed by atoms with E-state index in [0.717, 1.165) is 4.31 Å². The van der Waals surface area contributed by atoms with Gasteiger partial charge in [-0.1, -0.05) is 0 Å². The lowest BCUT2D eigenvalue weighted by molar-refractivity contribution is -0.142. The Labute approximate surface area is 120 Å². The highest BCUT2D eigenvalue weighted by Crippen LogP contribution is 2.19. The van der Waals surface area contributed by atoms with Crippen LogP contribution in [0.1, 0.15) is 40.5 Å². The highest BCUT2D eigenvalue weighted by Gasteiger charge is 2.33. The van der Waals surface area contributed by atoms with Crippen LogP contribution in [0.5, 0.6) is 0 Å². The largest absolute Gasteiger partial charge is 0.481 e. The summed E-state index contributed by atoms with van der Waals surface area (Å²) in [6.07, 6.45) is -0.522. The van der Waals surface area contributed by atoms with Crippen molar-refractivity contribution in [2.24, 2.45) is 0 Å². The van der Waals surface area contributed by atoms with Gasteiger partial charge in [0.15, 0.2) is 0 Å². The van der Waals surface area contributed by atoms with Gasteiger partial charge in [0.05, 0.1) is 25.2 Å². The highest BCUT2D eigenvalue weighted by atomic mass is 32.2. The standard InChI is InChI=1S/C12H23NO6S/c1-5-19-11(16)7-9-20(17,18)13(12(2,3)4)8-6-10(14)15/h5-9H2,1-4H3,(H,14,15). The van der Waals surface area contributed by atoms with Gasteiger partial charge in [0.25, 0.3) is 0 Å². The molecule has 118 valence electrons. The molecule has 8 heteroatoms. The van der Waals surface area contributed by atoms with Crippen LogP contribution >= 0.6 is 0 Å². The summed E-state index contributed by atoms with van der Waals surface area (Å²) in [5, 5.41) is 8.69. The molecule has 0 radical (unpaired) electrons. The Hall–Kier alpha value is -1.15. The fourth-order valence-corrected chi connectivity index (χ4v) is 3.49. The van der Waals surface area contributed by atoms with Crippen molar-refractivity contribution >= 4 is 22.0 Å². The van der Waals surface area contributed by atoms with Crippen LogP contribution in [0.3, 0.4) is 0 Å². The van der Waals surface area contributed by atoms with Crippen molar-refractivity contribution in [3.8, 4) is 0 Å². The SMILES string of the molecule is CCOC(=O)CCS(=O)(=O)N(CCC(=O)O)C(C)(C)C. The summed E-state index contributed by atoms with van der Waals surface area (Å²) < 4.78 is 30.3. The predicted octanol–water partition coefficient (Wildman–Crippen LogP) is 0.845. The van der Waals surface area contributed by atoms with E-state index in [1.165, 1.54) is 0 Å². The van der Waals surface area contributed by atoms with E-state index in [4.69, 9.17) is 5.11 Å². The number of hydrogen-bond donors (Lipinski definition) is 1. The topological polar surface area (TPSA) is 101 Å². The number of hydrogen-bond acceptors (Lipinski definition) is 5. The Morgan fingerprint density at radius 1 is 1.20 bits per heavy atom. The zero-order valence-electron chi connectivity index (χ0n) is 12.4. The van der Waals surface area contributed by atoms with E-state index in [9.17, 15) is 18.0 Å². The number of carboxylic acids is 1. The number of sulfonamides is 1. The predicted molar refractivity (Wildman–Crippen MR) is 73.7 cm³/mol. The number of carbonyl (C=O) groups excluding carboxylic acids is 1. The quantitative estimate of drug-likeness (QED) is 0.667. The second-order valence-electron chi connectivity index (χ2n) is 5.26. The molecule has 0 saturated carbocycles.